The number of ether oxygens (including phenoxy) is 1. The molecule has 2 heterocycles. The van der Waals surface area contributed by atoms with Crippen LogP contribution in [0.4, 0.5) is 18.9 Å². The maximum absolute atomic E-state index is 13.0. The van der Waals surface area contributed by atoms with Crippen molar-refractivity contribution in [2.45, 2.75) is 6.36 Å². The number of benzene rings is 2. The van der Waals surface area contributed by atoms with Crippen LogP contribution in [0, 0.1) is 0 Å². The van der Waals surface area contributed by atoms with Crippen LogP contribution in [0.3, 0.4) is 0 Å². The van der Waals surface area contributed by atoms with Gasteiger partial charge in [0, 0.05) is 24.3 Å². The van der Waals surface area contributed by atoms with Crippen molar-refractivity contribution in [2.24, 2.45) is 0 Å². The average molecular weight is 480 g/mol. The molecule has 12 heteroatoms. The van der Waals surface area contributed by atoms with Crippen molar-refractivity contribution in [1.29, 1.82) is 0 Å². The van der Waals surface area contributed by atoms with Crippen LogP contribution in [0.5, 0.6) is 5.75 Å². The van der Waals surface area contributed by atoms with Gasteiger partial charge in [-0.15, -0.1) is 13.2 Å². The fourth-order valence-corrected chi connectivity index (χ4v) is 4.68. The molecule has 3 aromatic rings. The van der Waals surface area contributed by atoms with Crippen LogP contribution in [0.1, 0.15) is 10.5 Å². The summed E-state index contributed by atoms with van der Waals surface area (Å²) in [6.45, 7) is 0.0765. The van der Waals surface area contributed by atoms with Gasteiger partial charge < -0.3 is 15.4 Å². The van der Waals surface area contributed by atoms with Crippen molar-refractivity contribution in [3.63, 3.8) is 0 Å². The van der Waals surface area contributed by atoms with Gasteiger partial charge in [0.2, 0.25) is 0 Å². The minimum absolute atomic E-state index is 0.0221. The Labute approximate surface area is 187 Å². The van der Waals surface area contributed by atoms with E-state index < -0.39 is 27.9 Å². The molecule has 174 valence electrons. The number of alkyl halides is 3. The number of nitrogen functional groups attached to an aromatic ring is 1. The number of hydrogen-bond donors (Lipinski definition) is 1. The van der Waals surface area contributed by atoms with Crippen molar-refractivity contribution >= 4 is 21.4 Å². The molecule has 0 saturated carbocycles. The summed E-state index contributed by atoms with van der Waals surface area (Å²) in [6, 6.07) is 13.4. The summed E-state index contributed by atoms with van der Waals surface area (Å²) in [6.07, 6.45) is -4.86. The van der Waals surface area contributed by atoms with Gasteiger partial charge in [-0.1, -0.05) is 18.2 Å². The first kappa shape index (κ1) is 22.6. The van der Waals surface area contributed by atoms with E-state index in [9.17, 15) is 26.4 Å². The van der Waals surface area contributed by atoms with Gasteiger partial charge in [-0.3, -0.25) is 4.79 Å². The predicted octanol–water partition coefficient (Wildman–Crippen LogP) is 2.89. The van der Waals surface area contributed by atoms with Crippen LogP contribution in [0.15, 0.2) is 54.6 Å². The van der Waals surface area contributed by atoms with Crippen LogP contribution in [-0.4, -0.2) is 60.0 Å². The number of rotatable bonds is 4. The van der Waals surface area contributed by atoms with Gasteiger partial charge in [0.15, 0.2) is 15.5 Å². The van der Waals surface area contributed by atoms with Crippen molar-refractivity contribution in [2.75, 3.05) is 30.3 Å². The topological polar surface area (TPSA) is 108 Å². The van der Waals surface area contributed by atoms with Crippen molar-refractivity contribution in [3.05, 3.63) is 60.3 Å². The van der Waals surface area contributed by atoms with Crippen molar-refractivity contribution in [3.8, 4) is 22.7 Å². The summed E-state index contributed by atoms with van der Waals surface area (Å²) >= 11 is 0. The van der Waals surface area contributed by atoms with Gasteiger partial charge in [-0.2, -0.15) is 5.10 Å². The highest BCUT2D eigenvalue weighted by atomic mass is 32.2. The molecule has 1 amide bonds. The van der Waals surface area contributed by atoms with E-state index in [-0.39, 0.29) is 30.3 Å². The molecule has 4 rings (SSSR count). The summed E-state index contributed by atoms with van der Waals surface area (Å²) in [5, 5.41) is 4.37. The highest BCUT2D eigenvalue weighted by Gasteiger charge is 2.31. The molecule has 0 atom stereocenters. The molecular weight excluding hydrogens is 461 g/mol. The Morgan fingerprint density at radius 1 is 1.03 bits per heavy atom. The minimum atomic E-state index is -4.86. The van der Waals surface area contributed by atoms with Crippen LogP contribution < -0.4 is 10.5 Å². The third kappa shape index (κ3) is 5.28. The lowest BCUT2D eigenvalue weighted by Crippen LogP contribution is -2.43. The molecule has 0 radical (unpaired) electrons. The third-order valence-corrected chi connectivity index (χ3v) is 6.65. The molecule has 1 fully saturated rings. The fraction of sp³-hybridized carbons (Fsp3) is 0.238. The lowest BCUT2D eigenvalue weighted by atomic mass is 10.1. The lowest BCUT2D eigenvalue weighted by molar-refractivity contribution is -0.274. The Morgan fingerprint density at radius 3 is 2.39 bits per heavy atom. The molecular formula is C21H19F3N4O4S. The quantitative estimate of drug-likeness (QED) is 0.576. The molecule has 1 aliphatic rings. The second-order valence-electron chi connectivity index (χ2n) is 7.44. The normalized spacial score (nSPS) is 15.9. The molecule has 1 saturated heterocycles. The Bertz CT molecular complexity index is 1290. The van der Waals surface area contributed by atoms with E-state index in [1.54, 1.807) is 30.3 Å². The summed E-state index contributed by atoms with van der Waals surface area (Å²) in [5.74, 6) is -1.18. The van der Waals surface area contributed by atoms with Gasteiger partial charge in [-0.05, 0) is 36.4 Å². The molecule has 0 aliphatic carbocycles. The van der Waals surface area contributed by atoms with E-state index in [0.29, 0.717) is 22.6 Å². The first-order chi connectivity index (χ1) is 15.5. The van der Waals surface area contributed by atoms with E-state index in [0.717, 1.165) is 0 Å². The molecule has 33 heavy (non-hydrogen) atoms. The van der Waals surface area contributed by atoms with Crippen molar-refractivity contribution in [1.82, 2.24) is 14.7 Å². The summed E-state index contributed by atoms with van der Waals surface area (Å²) in [4.78, 5) is 14.4. The summed E-state index contributed by atoms with van der Waals surface area (Å²) in [7, 11) is -3.18. The minimum Gasteiger partial charge on any atom is -0.406 e. The predicted molar refractivity (Wildman–Crippen MR) is 115 cm³/mol. The average Bonchev–Trinajstić information content (AvgIpc) is 3.18. The second kappa shape index (κ2) is 8.43. The van der Waals surface area contributed by atoms with Gasteiger partial charge in [0.25, 0.3) is 5.91 Å². The number of sulfone groups is 1. The number of nitrogens with two attached hydrogens (primary N) is 1. The molecule has 0 unspecified atom stereocenters. The van der Waals surface area contributed by atoms with Crippen LogP contribution >= 0.6 is 0 Å². The van der Waals surface area contributed by atoms with Crippen molar-refractivity contribution < 1.29 is 31.1 Å². The smallest absolute Gasteiger partial charge is 0.406 e. The van der Waals surface area contributed by atoms with Gasteiger partial charge >= 0.3 is 6.36 Å². The Hall–Kier alpha value is -3.54. The number of hydrogen-bond acceptors (Lipinski definition) is 6. The largest absolute Gasteiger partial charge is 0.573 e. The molecule has 0 bridgehead atoms. The first-order valence-corrected chi connectivity index (χ1v) is 11.6. The SMILES string of the molecule is Nc1cccc(-n2nc(C(=O)N3CCS(=O)(=O)CC3)cc2-c2cccc(OC(F)(F)F)c2)c1. The number of nitrogens with zero attached hydrogens (tertiary/aromatic N) is 3. The van der Waals surface area contributed by atoms with E-state index in [4.69, 9.17) is 5.73 Å². The number of halogens is 3. The van der Waals surface area contributed by atoms with E-state index in [1.807, 2.05) is 0 Å². The number of carbonyl (C=O) groups excluding carboxylic acids is 1. The fourth-order valence-electron chi connectivity index (χ4n) is 3.47. The highest BCUT2D eigenvalue weighted by molar-refractivity contribution is 7.91. The van der Waals surface area contributed by atoms with E-state index in [2.05, 4.69) is 9.84 Å². The third-order valence-electron chi connectivity index (χ3n) is 5.04. The molecule has 1 aliphatic heterocycles. The van der Waals surface area contributed by atoms with Gasteiger partial charge in [0.05, 0.1) is 22.9 Å². The number of anilines is 1. The standard InChI is InChI=1S/C21H19F3N4O4S/c22-21(23,24)32-17-6-1-3-14(11-17)19-13-18(20(29)27-7-9-33(30,31)10-8-27)26-28(19)16-5-2-4-15(25)12-16/h1-6,11-13H,7-10,25H2. The monoisotopic (exact) mass is 480 g/mol. The van der Waals surface area contributed by atoms with Crippen LogP contribution in [0.2, 0.25) is 0 Å². The highest BCUT2D eigenvalue weighted by Crippen LogP contribution is 2.30. The molecule has 2 N–H and O–H groups in total. The number of amides is 1. The second-order valence-corrected chi connectivity index (χ2v) is 9.74. The number of carbonyl (C=O) groups is 1. The van der Waals surface area contributed by atoms with Crippen LogP contribution in [-0.2, 0) is 9.84 Å². The van der Waals surface area contributed by atoms with E-state index in [1.165, 1.54) is 33.8 Å². The van der Waals surface area contributed by atoms with Gasteiger partial charge in [0.1, 0.15) is 5.75 Å². The first-order valence-electron chi connectivity index (χ1n) is 9.83. The zero-order valence-electron chi connectivity index (χ0n) is 17.1. The molecule has 8 nitrogen and oxygen atoms in total. The zero-order chi connectivity index (χ0) is 23.8. The maximum Gasteiger partial charge on any atom is 0.573 e. The molecule has 1 aromatic heterocycles. The Kier molecular flexibility index (Phi) is 5.78. The Balaban J connectivity index is 1.75. The Morgan fingerprint density at radius 2 is 1.73 bits per heavy atom. The number of aromatic nitrogens is 2. The van der Waals surface area contributed by atoms with Gasteiger partial charge in [-0.25, -0.2) is 13.1 Å². The zero-order valence-corrected chi connectivity index (χ0v) is 17.9. The maximum atomic E-state index is 13.0. The molecule has 0 spiro atoms. The lowest BCUT2D eigenvalue weighted by Gasteiger charge is -2.25. The molecule has 2 aromatic carbocycles. The van der Waals surface area contributed by atoms with Crippen LogP contribution in [0.25, 0.3) is 16.9 Å². The summed E-state index contributed by atoms with van der Waals surface area (Å²) < 4.78 is 66.8. The summed E-state index contributed by atoms with van der Waals surface area (Å²) in [5.41, 5.74) is 7.47. The van der Waals surface area contributed by atoms with E-state index >= 15 is 0 Å².